The van der Waals surface area contributed by atoms with Gasteiger partial charge in [0.25, 0.3) is 0 Å². The summed E-state index contributed by atoms with van der Waals surface area (Å²) in [4.78, 5) is 26.7. The quantitative estimate of drug-likeness (QED) is 0.791. The first-order valence-corrected chi connectivity index (χ1v) is 7.48. The topological polar surface area (TPSA) is 63.4 Å². The highest BCUT2D eigenvalue weighted by atomic mass is 16.2. The fraction of sp³-hybridized carbons (Fsp3) is 0.867. The molecule has 3 unspecified atom stereocenters. The number of nitrogens with two attached hydrogens (primary N) is 1. The first kappa shape index (κ1) is 14.5. The Balaban J connectivity index is 2.27. The number of amides is 2. The SMILES string of the molecule is CC(C)CC(C)(CN)N1C(=O)C2CCCCC2C1=O. The minimum Gasteiger partial charge on any atom is -0.328 e. The van der Waals surface area contributed by atoms with Gasteiger partial charge in [0.05, 0.1) is 17.4 Å². The zero-order chi connectivity index (χ0) is 14.2. The first-order valence-electron chi connectivity index (χ1n) is 7.48. The summed E-state index contributed by atoms with van der Waals surface area (Å²) < 4.78 is 0. The molecule has 19 heavy (non-hydrogen) atoms. The second-order valence-electron chi connectivity index (χ2n) is 6.81. The van der Waals surface area contributed by atoms with Crippen LogP contribution in [0.25, 0.3) is 0 Å². The Hall–Kier alpha value is -0.900. The Kier molecular flexibility index (Phi) is 4.00. The van der Waals surface area contributed by atoms with Gasteiger partial charge < -0.3 is 5.73 Å². The van der Waals surface area contributed by atoms with Crippen LogP contribution < -0.4 is 5.73 Å². The first-order chi connectivity index (χ1) is 8.90. The lowest BCUT2D eigenvalue weighted by atomic mass is 9.81. The zero-order valence-corrected chi connectivity index (χ0v) is 12.3. The van der Waals surface area contributed by atoms with E-state index >= 15 is 0 Å². The molecule has 2 amide bonds. The van der Waals surface area contributed by atoms with Gasteiger partial charge in [0.1, 0.15) is 0 Å². The summed E-state index contributed by atoms with van der Waals surface area (Å²) in [5, 5.41) is 0. The van der Waals surface area contributed by atoms with Crippen molar-refractivity contribution in [2.24, 2.45) is 23.5 Å². The number of hydrogen-bond donors (Lipinski definition) is 1. The van der Waals surface area contributed by atoms with E-state index in [1.165, 1.54) is 4.90 Å². The smallest absolute Gasteiger partial charge is 0.233 e. The Labute approximate surface area is 115 Å². The van der Waals surface area contributed by atoms with Crippen LogP contribution in [0.3, 0.4) is 0 Å². The monoisotopic (exact) mass is 266 g/mol. The maximum Gasteiger partial charge on any atom is 0.233 e. The fourth-order valence-electron chi connectivity index (χ4n) is 3.84. The number of fused-ring (bicyclic) bond motifs is 1. The van der Waals surface area contributed by atoms with Gasteiger partial charge in [-0.2, -0.15) is 0 Å². The molecule has 2 fully saturated rings. The third-order valence-corrected chi connectivity index (χ3v) is 4.67. The lowest BCUT2D eigenvalue weighted by Gasteiger charge is -2.38. The van der Waals surface area contributed by atoms with Crippen molar-refractivity contribution in [2.75, 3.05) is 6.54 Å². The molecule has 1 heterocycles. The van der Waals surface area contributed by atoms with E-state index in [1.54, 1.807) is 0 Å². The summed E-state index contributed by atoms with van der Waals surface area (Å²) in [6.07, 6.45) is 4.65. The van der Waals surface area contributed by atoms with Crippen LogP contribution in [0.15, 0.2) is 0 Å². The summed E-state index contributed by atoms with van der Waals surface area (Å²) in [6.45, 7) is 6.51. The number of hydrogen-bond acceptors (Lipinski definition) is 3. The molecule has 1 saturated heterocycles. The Bertz CT molecular complexity index is 356. The maximum atomic E-state index is 12.6. The number of carbonyl (C=O) groups is 2. The van der Waals surface area contributed by atoms with Gasteiger partial charge in [-0.25, -0.2) is 0 Å². The van der Waals surface area contributed by atoms with Gasteiger partial charge in [-0.3, -0.25) is 14.5 Å². The van der Waals surface area contributed by atoms with Crippen molar-refractivity contribution in [1.29, 1.82) is 0 Å². The standard InChI is InChI=1S/C15H26N2O2/c1-10(2)8-15(3,9-16)17-13(18)11-6-4-5-7-12(11)14(17)19/h10-12H,4-9,16H2,1-3H3. The van der Waals surface area contributed by atoms with Crippen LogP contribution in [-0.4, -0.2) is 28.8 Å². The third-order valence-electron chi connectivity index (χ3n) is 4.67. The van der Waals surface area contributed by atoms with Crippen molar-refractivity contribution in [3.8, 4) is 0 Å². The molecule has 108 valence electrons. The van der Waals surface area contributed by atoms with E-state index in [9.17, 15) is 9.59 Å². The van der Waals surface area contributed by atoms with Gasteiger partial charge >= 0.3 is 0 Å². The summed E-state index contributed by atoms with van der Waals surface area (Å²) in [5.41, 5.74) is 5.39. The number of likely N-dealkylation sites (tertiary alicyclic amines) is 1. The fourth-order valence-corrected chi connectivity index (χ4v) is 3.84. The highest BCUT2D eigenvalue weighted by Gasteiger charge is 2.53. The third kappa shape index (κ3) is 2.42. The molecule has 1 aliphatic carbocycles. The molecule has 0 aromatic carbocycles. The van der Waals surface area contributed by atoms with Crippen LogP contribution >= 0.6 is 0 Å². The molecule has 2 aliphatic rings. The van der Waals surface area contributed by atoms with Crippen LogP contribution in [0.5, 0.6) is 0 Å². The lowest BCUT2D eigenvalue weighted by molar-refractivity contribution is -0.147. The number of imide groups is 1. The predicted molar refractivity (Wildman–Crippen MR) is 74.2 cm³/mol. The molecule has 4 heteroatoms. The van der Waals surface area contributed by atoms with Gasteiger partial charge in [-0.05, 0) is 32.1 Å². The summed E-state index contributed by atoms with van der Waals surface area (Å²) in [6, 6.07) is 0. The predicted octanol–water partition coefficient (Wildman–Crippen LogP) is 1.93. The number of nitrogens with zero attached hydrogens (tertiary/aromatic N) is 1. The average Bonchev–Trinajstić information content (AvgIpc) is 2.62. The second-order valence-corrected chi connectivity index (χ2v) is 6.81. The molecule has 1 aliphatic heterocycles. The highest BCUT2D eigenvalue weighted by Crippen LogP contribution is 2.41. The molecule has 0 aromatic rings. The lowest BCUT2D eigenvalue weighted by Crippen LogP contribution is -2.55. The minimum atomic E-state index is -0.514. The van der Waals surface area contributed by atoms with Crippen molar-refractivity contribution < 1.29 is 9.59 Å². The Morgan fingerprint density at radius 3 is 2.05 bits per heavy atom. The van der Waals surface area contributed by atoms with Crippen LogP contribution in [-0.2, 0) is 9.59 Å². The van der Waals surface area contributed by atoms with E-state index in [4.69, 9.17) is 5.73 Å². The van der Waals surface area contributed by atoms with Crippen LogP contribution in [0.2, 0.25) is 0 Å². The van der Waals surface area contributed by atoms with Gasteiger partial charge in [0.15, 0.2) is 0 Å². The molecule has 2 N–H and O–H groups in total. The Morgan fingerprint density at radius 1 is 1.21 bits per heavy atom. The van der Waals surface area contributed by atoms with Crippen molar-refractivity contribution in [1.82, 2.24) is 4.90 Å². The van der Waals surface area contributed by atoms with Gasteiger partial charge in [0.2, 0.25) is 11.8 Å². The second kappa shape index (κ2) is 5.23. The van der Waals surface area contributed by atoms with Gasteiger partial charge in [-0.1, -0.05) is 26.7 Å². The summed E-state index contributed by atoms with van der Waals surface area (Å²) in [7, 11) is 0. The molecule has 0 aromatic heterocycles. The number of rotatable bonds is 4. The normalized spacial score (nSPS) is 30.7. The van der Waals surface area contributed by atoms with E-state index in [0.29, 0.717) is 12.5 Å². The van der Waals surface area contributed by atoms with E-state index in [2.05, 4.69) is 13.8 Å². The molecule has 0 bridgehead atoms. The van der Waals surface area contributed by atoms with Gasteiger partial charge in [0, 0.05) is 6.54 Å². The van der Waals surface area contributed by atoms with E-state index in [1.807, 2.05) is 6.92 Å². The largest absolute Gasteiger partial charge is 0.328 e. The molecule has 0 spiro atoms. The molecule has 0 radical (unpaired) electrons. The van der Waals surface area contributed by atoms with E-state index in [0.717, 1.165) is 32.1 Å². The van der Waals surface area contributed by atoms with Gasteiger partial charge in [-0.15, -0.1) is 0 Å². The molecular weight excluding hydrogens is 240 g/mol. The van der Waals surface area contributed by atoms with Crippen LogP contribution in [0.1, 0.15) is 52.9 Å². The maximum absolute atomic E-state index is 12.6. The minimum absolute atomic E-state index is 0.0308. The molecule has 2 rings (SSSR count). The van der Waals surface area contributed by atoms with Crippen LogP contribution in [0, 0.1) is 17.8 Å². The van der Waals surface area contributed by atoms with Crippen molar-refractivity contribution in [3.05, 3.63) is 0 Å². The summed E-state index contributed by atoms with van der Waals surface area (Å²) in [5.74, 6) is 0.335. The zero-order valence-electron chi connectivity index (χ0n) is 12.3. The van der Waals surface area contributed by atoms with Crippen LogP contribution in [0.4, 0.5) is 0 Å². The van der Waals surface area contributed by atoms with E-state index in [-0.39, 0.29) is 23.7 Å². The van der Waals surface area contributed by atoms with Crippen molar-refractivity contribution in [2.45, 2.75) is 58.4 Å². The molecular formula is C15H26N2O2. The summed E-state index contributed by atoms with van der Waals surface area (Å²) >= 11 is 0. The van der Waals surface area contributed by atoms with E-state index < -0.39 is 5.54 Å². The number of carbonyl (C=O) groups excluding carboxylic acids is 2. The highest BCUT2D eigenvalue weighted by molar-refractivity contribution is 6.06. The molecule has 1 saturated carbocycles. The van der Waals surface area contributed by atoms with Crippen molar-refractivity contribution >= 4 is 11.8 Å². The molecule has 3 atom stereocenters. The molecule has 4 nitrogen and oxygen atoms in total. The average molecular weight is 266 g/mol. The Morgan fingerprint density at radius 2 is 1.68 bits per heavy atom. The van der Waals surface area contributed by atoms with Crippen molar-refractivity contribution in [3.63, 3.8) is 0 Å².